The van der Waals surface area contributed by atoms with Gasteiger partial charge in [0.05, 0.1) is 16.5 Å². The van der Waals surface area contributed by atoms with Crippen molar-refractivity contribution in [3.63, 3.8) is 0 Å². The number of non-ortho nitro benzene ring substituents is 1. The Morgan fingerprint density at radius 1 is 1.02 bits per heavy atom. The van der Waals surface area contributed by atoms with Gasteiger partial charge in [-0.05, 0) is 84.2 Å². The predicted molar refractivity (Wildman–Crippen MR) is 176 cm³/mol. The lowest BCUT2D eigenvalue weighted by Crippen LogP contribution is -2.52. The van der Waals surface area contributed by atoms with Crippen molar-refractivity contribution in [2.24, 2.45) is 5.92 Å². The number of nitrogens with zero attached hydrogens (tertiary/aromatic N) is 5. The van der Waals surface area contributed by atoms with Gasteiger partial charge in [-0.2, -0.15) is 0 Å². The van der Waals surface area contributed by atoms with Gasteiger partial charge >= 0.3 is 6.09 Å². The van der Waals surface area contributed by atoms with Gasteiger partial charge in [0.2, 0.25) is 5.91 Å². The van der Waals surface area contributed by atoms with Crippen LogP contribution in [0.25, 0.3) is 10.9 Å². The molecular formula is C34H43FN6O5. The van der Waals surface area contributed by atoms with Crippen molar-refractivity contribution in [2.45, 2.75) is 66.0 Å². The van der Waals surface area contributed by atoms with E-state index in [4.69, 9.17) is 4.74 Å². The fraction of sp³-hybridized carbons (Fsp3) is 0.500. The summed E-state index contributed by atoms with van der Waals surface area (Å²) >= 11 is 0. The van der Waals surface area contributed by atoms with Gasteiger partial charge in [-0.1, -0.05) is 0 Å². The molecule has 0 radical (unpaired) electrons. The first-order chi connectivity index (χ1) is 21.7. The number of piperazine rings is 1. The van der Waals surface area contributed by atoms with Crippen LogP contribution in [0.5, 0.6) is 0 Å². The minimum Gasteiger partial charge on any atom is -0.444 e. The Morgan fingerprint density at radius 3 is 2.33 bits per heavy atom. The molecule has 1 unspecified atom stereocenters. The third kappa shape index (κ3) is 7.32. The smallest absolute Gasteiger partial charge is 0.410 e. The molecule has 246 valence electrons. The molecule has 2 aliphatic rings. The van der Waals surface area contributed by atoms with Gasteiger partial charge in [-0.15, -0.1) is 0 Å². The summed E-state index contributed by atoms with van der Waals surface area (Å²) in [4.78, 5) is 47.2. The van der Waals surface area contributed by atoms with Crippen LogP contribution in [0.2, 0.25) is 0 Å². The highest BCUT2D eigenvalue weighted by Gasteiger charge is 2.33. The minimum atomic E-state index is -0.549. The van der Waals surface area contributed by atoms with Crippen molar-refractivity contribution in [1.29, 1.82) is 0 Å². The molecule has 2 aromatic carbocycles. The molecule has 12 heteroatoms. The van der Waals surface area contributed by atoms with Crippen LogP contribution in [0.1, 0.15) is 63.4 Å². The van der Waals surface area contributed by atoms with Crippen molar-refractivity contribution in [3.05, 3.63) is 69.2 Å². The number of hydrogen-bond acceptors (Lipinski definition) is 8. The van der Waals surface area contributed by atoms with E-state index in [0.29, 0.717) is 52.1 Å². The average molecular weight is 635 g/mol. The van der Waals surface area contributed by atoms with Gasteiger partial charge in [0.1, 0.15) is 11.4 Å². The minimum absolute atomic E-state index is 0.101. The summed E-state index contributed by atoms with van der Waals surface area (Å²) in [5, 5.41) is 15.7. The number of aryl methyl sites for hydroxylation is 2. The van der Waals surface area contributed by atoms with Crippen LogP contribution in [-0.2, 0) is 9.53 Å². The van der Waals surface area contributed by atoms with Gasteiger partial charge in [0, 0.05) is 85.3 Å². The van der Waals surface area contributed by atoms with E-state index in [1.54, 1.807) is 11.8 Å². The largest absolute Gasteiger partial charge is 0.444 e. The summed E-state index contributed by atoms with van der Waals surface area (Å²) in [6.45, 7) is 14.3. The number of rotatable bonds is 6. The van der Waals surface area contributed by atoms with Crippen LogP contribution in [0, 0.1) is 35.7 Å². The van der Waals surface area contributed by atoms with E-state index < -0.39 is 22.4 Å². The molecule has 1 atom stereocenters. The highest BCUT2D eigenvalue weighted by molar-refractivity contribution is 5.94. The fourth-order valence-electron chi connectivity index (χ4n) is 6.25. The van der Waals surface area contributed by atoms with Crippen molar-refractivity contribution >= 4 is 40.0 Å². The Labute approximate surface area is 268 Å². The van der Waals surface area contributed by atoms with Gasteiger partial charge in [0.15, 0.2) is 0 Å². The number of benzene rings is 2. The number of amides is 2. The molecule has 0 spiro atoms. The van der Waals surface area contributed by atoms with Crippen LogP contribution >= 0.6 is 0 Å². The van der Waals surface area contributed by atoms with Crippen LogP contribution in [0.15, 0.2) is 36.4 Å². The lowest BCUT2D eigenvalue weighted by atomic mass is 9.95. The van der Waals surface area contributed by atoms with Crippen molar-refractivity contribution in [2.75, 3.05) is 49.5 Å². The summed E-state index contributed by atoms with van der Waals surface area (Å²) in [6, 6.07) is 9.92. The molecule has 2 amide bonds. The second kappa shape index (κ2) is 13.1. The van der Waals surface area contributed by atoms with E-state index in [2.05, 4.69) is 21.3 Å². The standard InChI is InChI=1S/C34H43FN6O5/c1-21-17-26(41(44)45)20-27(31(21)35)23(3)37-30-18-22(2)36-29-8-7-25(19-28(29)30)38-13-15-39(16-14-38)32(42)24-9-11-40(12-10-24)33(43)46-34(4,5)6/h7-8,17-20,23-24H,9-16H2,1-6H3,(H,36,37). The Morgan fingerprint density at radius 2 is 1.70 bits per heavy atom. The van der Waals surface area contributed by atoms with E-state index >= 15 is 4.39 Å². The van der Waals surface area contributed by atoms with E-state index in [1.165, 1.54) is 19.1 Å². The number of anilines is 2. The Kier molecular flexibility index (Phi) is 9.37. The number of halogens is 1. The zero-order valence-electron chi connectivity index (χ0n) is 27.4. The lowest BCUT2D eigenvalue weighted by Gasteiger charge is -2.39. The lowest BCUT2D eigenvalue weighted by molar-refractivity contribution is -0.385. The average Bonchev–Trinajstić information content (AvgIpc) is 3.01. The van der Waals surface area contributed by atoms with Crippen LogP contribution in [0.4, 0.5) is 26.2 Å². The number of nitro benzene ring substituents is 1. The van der Waals surface area contributed by atoms with Gasteiger partial charge in [-0.25, -0.2) is 9.18 Å². The number of carbonyl (C=O) groups is 2. The molecule has 1 aromatic heterocycles. The summed E-state index contributed by atoms with van der Waals surface area (Å²) < 4.78 is 20.6. The predicted octanol–water partition coefficient (Wildman–Crippen LogP) is 6.37. The monoisotopic (exact) mass is 634 g/mol. The second-order valence-electron chi connectivity index (χ2n) is 13.4. The van der Waals surface area contributed by atoms with Gasteiger partial charge in [0.25, 0.3) is 5.69 Å². The maximum absolute atomic E-state index is 15.1. The van der Waals surface area contributed by atoms with Crippen LogP contribution in [0.3, 0.4) is 0 Å². The van der Waals surface area contributed by atoms with E-state index in [-0.39, 0.29) is 34.7 Å². The molecule has 5 rings (SSSR count). The van der Waals surface area contributed by atoms with E-state index in [9.17, 15) is 19.7 Å². The highest BCUT2D eigenvalue weighted by Crippen LogP contribution is 2.33. The molecule has 11 nitrogen and oxygen atoms in total. The number of nitrogens with one attached hydrogen (secondary N) is 1. The van der Waals surface area contributed by atoms with Crippen LogP contribution < -0.4 is 10.2 Å². The summed E-state index contributed by atoms with van der Waals surface area (Å²) in [5.74, 6) is -0.427. The van der Waals surface area contributed by atoms with Crippen molar-refractivity contribution < 1.29 is 23.6 Å². The number of fused-ring (bicyclic) bond motifs is 1. The van der Waals surface area contributed by atoms with E-state index in [1.807, 2.05) is 50.8 Å². The maximum Gasteiger partial charge on any atom is 0.410 e. The fourth-order valence-corrected chi connectivity index (χ4v) is 6.25. The highest BCUT2D eigenvalue weighted by atomic mass is 19.1. The molecule has 2 fully saturated rings. The SMILES string of the molecule is Cc1cc(NC(C)c2cc([N+](=O)[O-])cc(C)c2F)c2cc(N3CCN(C(=O)C4CCN(C(=O)OC(C)(C)C)CC4)CC3)ccc2n1. The number of pyridine rings is 1. The zero-order valence-corrected chi connectivity index (χ0v) is 27.4. The van der Waals surface area contributed by atoms with E-state index in [0.717, 1.165) is 28.0 Å². The van der Waals surface area contributed by atoms with Gasteiger partial charge < -0.3 is 24.8 Å². The summed E-state index contributed by atoms with van der Waals surface area (Å²) in [5.41, 5.74) is 3.06. The molecule has 2 aliphatic heterocycles. The number of likely N-dealkylation sites (tertiary alicyclic amines) is 1. The quantitative estimate of drug-likeness (QED) is 0.245. The van der Waals surface area contributed by atoms with Gasteiger partial charge in [-0.3, -0.25) is 19.9 Å². The summed E-state index contributed by atoms with van der Waals surface area (Å²) in [7, 11) is 0. The molecular weight excluding hydrogens is 591 g/mol. The third-order valence-electron chi connectivity index (χ3n) is 8.69. The van der Waals surface area contributed by atoms with Crippen molar-refractivity contribution in [1.82, 2.24) is 14.8 Å². The molecule has 0 saturated carbocycles. The van der Waals surface area contributed by atoms with Crippen LogP contribution in [-0.4, -0.2) is 76.6 Å². The first kappa shape index (κ1) is 32.9. The molecule has 1 N–H and O–H groups in total. The summed E-state index contributed by atoms with van der Waals surface area (Å²) in [6.07, 6.45) is 0.930. The molecule has 0 aliphatic carbocycles. The number of nitro groups is 1. The second-order valence-corrected chi connectivity index (χ2v) is 13.4. The normalized spacial score (nSPS) is 16.8. The molecule has 46 heavy (non-hydrogen) atoms. The number of hydrogen-bond donors (Lipinski definition) is 1. The first-order valence-corrected chi connectivity index (χ1v) is 15.8. The zero-order chi connectivity index (χ0) is 33.3. The Bertz CT molecular complexity index is 1640. The molecule has 3 heterocycles. The number of carbonyl (C=O) groups excluding carboxylic acids is 2. The number of ether oxygens (including phenoxy) is 1. The topological polar surface area (TPSA) is 121 Å². The maximum atomic E-state index is 15.1. The number of piperidine rings is 1. The number of aromatic nitrogens is 1. The Balaban J connectivity index is 1.25. The van der Waals surface area contributed by atoms with Crippen molar-refractivity contribution in [3.8, 4) is 0 Å². The molecule has 2 saturated heterocycles. The Hall–Kier alpha value is -4.48. The third-order valence-corrected chi connectivity index (χ3v) is 8.69. The molecule has 3 aromatic rings. The molecule has 0 bridgehead atoms. The first-order valence-electron chi connectivity index (χ1n) is 15.8.